The minimum Gasteiger partial charge on any atom is -0.292 e. The van der Waals surface area contributed by atoms with Gasteiger partial charge in [0.15, 0.2) is 3.95 Å². The molecule has 26 heavy (non-hydrogen) atoms. The molecule has 0 fully saturated rings. The molecule has 5 heteroatoms. The molecule has 2 aromatic heterocycles. The molecular weight excluding hydrogens is 360 g/mol. The molecule has 0 aliphatic rings. The van der Waals surface area contributed by atoms with E-state index in [0.717, 1.165) is 25.6 Å². The summed E-state index contributed by atoms with van der Waals surface area (Å²) in [5, 5.41) is 0.713. The zero-order chi connectivity index (χ0) is 18.4. The lowest BCUT2D eigenvalue weighted by Crippen LogP contribution is -2.25. The Kier molecular flexibility index (Phi) is 4.29. The Morgan fingerprint density at radius 1 is 1.12 bits per heavy atom. The van der Waals surface area contributed by atoms with Crippen LogP contribution in [0.1, 0.15) is 19.4 Å². The third-order valence-electron chi connectivity index (χ3n) is 4.49. The van der Waals surface area contributed by atoms with Crippen molar-refractivity contribution in [2.45, 2.75) is 27.3 Å². The van der Waals surface area contributed by atoms with E-state index in [0.29, 0.717) is 17.8 Å². The van der Waals surface area contributed by atoms with Crippen LogP contribution in [-0.4, -0.2) is 8.97 Å². The van der Waals surface area contributed by atoms with Crippen molar-refractivity contribution >= 4 is 40.1 Å². The van der Waals surface area contributed by atoms with E-state index >= 15 is 0 Å². The number of aromatic nitrogens is 2. The highest BCUT2D eigenvalue weighted by molar-refractivity contribution is 7.73. The summed E-state index contributed by atoms with van der Waals surface area (Å²) in [6.45, 7) is 7.01. The number of hydrogen-bond acceptors (Lipinski definition) is 3. The van der Waals surface area contributed by atoms with E-state index in [1.165, 1.54) is 5.56 Å². The summed E-state index contributed by atoms with van der Waals surface area (Å²) in [6, 6.07) is 16.1. The fourth-order valence-electron chi connectivity index (χ4n) is 3.42. The molecule has 0 saturated heterocycles. The molecule has 0 radical (unpaired) electrons. The summed E-state index contributed by atoms with van der Waals surface area (Å²) in [4.78, 5) is 14.3. The highest BCUT2D eigenvalue weighted by atomic mass is 32.1. The van der Waals surface area contributed by atoms with Gasteiger partial charge in [0.1, 0.15) is 5.65 Å². The first-order chi connectivity index (χ1) is 12.5. The first kappa shape index (κ1) is 17.2. The van der Waals surface area contributed by atoms with Crippen LogP contribution in [-0.2, 0) is 6.54 Å². The molecule has 0 aliphatic heterocycles. The third kappa shape index (κ3) is 2.72. The molecular formula is C21H20N2OS2. The van der Waals surface area contributed by atoms with Crippen LogP contribution in [0, 0.1) is 16.8 Å². The molecule has 0 saturated carbocycles. The zero-order valence-electron chi connectivity index (χ0n) is 15.0. The van der Waals surface area contributed by atoms with Crippen molar-refractivity contribution in [3.63, 3.8) is 0 Å². The van der Waals surface area contributed by atoms with Crippen LogP contribution < -0.4 is 5.56 Å². The molecule has 4 aromatic rings. The summed E-state index contributed by atoms with van der Waals surface area (Å²) < 4.78 is 4.73. The Labute approximate surface area is 161 Å². The number of nitrogens with zero attached hydrogens (tertiary/aromatic N) is 2. The van der Waals surface area contributed by atoms with E-state index in [2.05, 4.69) is 49.4 Å². The monoisotopic (exact) mass is 380 g/mol. The Morgan fingerprint density at radius 3 is 2.62 bits per heavy atom. The number of rotatable bonds is 3. The lowest BCUT2D eigenvalue weighted by Gasteiger charge is -2.15. The fraction of sp³-hybridized carbons (Fsp3) is 0.238. The lowest BCUT2D eigenvalue weighted by molar-refractivity contribution is 0.521. The van der Waals surface area contributed by atoms with Crippen molar-refractivity contribution in [3.05, 3.63) is 68.4 Å². The molecule has 0 bridgehead atoms. The van der Waals surface area contributed by atoms with Crippen molar-refractivity contribution in [3.8, 4) is 10.4 Å². The quantitative estimate of drug-likeness (QED) is 0.428. The van der Waals surface area contributed by atoms with E-state index in [4.69, 9.17) is 12.2 Å². The van der Waals surface area contributed by atoms with Crippen molar-refractivity contribution in [2.75, 3.05) is 0 Å². The second kappa shape index (κ2) is 6.49. The zero-order valence-corrected chi connectivity index (χ0v) is 16.7. The van der Waals surface area contributed by atoms with Gasteiger partial charge in [0, 0.05) is 6.54 Å². The molecule has 0 amide bonds. The van der Waals surface area contributed by atoms with Crippen LogP contribution in [0.2, 0.25) is 0 Å². The van der Waals surface area contributed by atoms with Crippen molar-refractivity contribution in [2.24, 2.45) is 5.92 Å². The Balaban J connectivity index is 2.23. The fourth-order valence-corrected chi connectivity index (χ4v) is 4.85. The molecule has 0 aliphatic carbocycles. The van der Waals surface area contributed by atoms with Gasteiger partial charge in [0.25, 0.3) is 5.56 Å². The van der Waals surface area contributed by atoms with Crippen LogP contribution >= 0.6 is 23.6 Å². The second-order valence-corrected chi connectivity index (χ2v) is 8.70. The standard InChI is InChI=1S/C21H20N2OS2/c1-13(2)12-22-19-18(15-8-6-7-14(3)11-15)26-21(25)23(19)17-10-5-4-9-16(17)20(22)24/h4-11,13H,12H2,1-3H3. The van der Waals surface area contributed by atoms with Crippen LogP contribution in [0.15, 0.2) is 53.3 Å². The molecule has 0 N–H and O–H groups in total. The Bertz CT molecular complexity index is 1240. The average molecular weight is 381 g/mol. The predicted octanol–water partition coefficient (Wildman–Crippen LogP) is 5.68. The summed E-state index contributed by atoms with van der Waals surface area (Å²) in [5.41, 5.74) is 4.14. The topological polar surface area (TPSA) is 26.4 Å². The number of benzene rings is 2. The first-order valence-corrected chi connectivity index (χ1v) is 9.94. The maximum atomic E-state index is 13.3. The van der Waals surface area contributed by atoms with Gasteiger partial charge in [-0.05, 0) is 42.8 Å². The van der Waals surface area contributed by atoms with Gasteiger partial charge in [-0.1, -0.05) is 55.8 Å². The van der Waals surface area contributed by atoms with E-state index in [9.17, 15) is 4.79 Å². The Morgan fingerprint density at radius 2 is 1.88 bits per heavy atom. The SMILES string of the molecule is Cc1cccc(-c2sc(=S)n3c4ccccc4c(=O)n(CC(C)C)c23)c1. The van der Waals surface area contributed by atoms with Crippen LogP contribution in [0.3, 0.4) is 0 Å². The Hall–Kier alpha value is -2.24. The molecule has 132 valence electrons. The number of hydrogen-bond donors (Lipinski definition) is 0. The largest absolute Gasteiger partial charge is 0.292 e. The van der Waals surface area contributed by atoms with Gasteiger partial charge in [-0.25, -0.2) is 0 Å². The van der Waals surface area contributed by atoms with Gasteiger partial charge >= 0.3 is 0 Å². The van der Waals surface area contributed by atoms with Crippen LogP contribution in [0.25, 0.3) is 27.0 Å². The van der Waals surface area contributed by atoms with Gasteiger partial charge in [-0.3, -0.25) is 13.8 Å². The average Bonchev–Trinajstić information content (AvgIpc) is 2.96. The molecule has 2 aromatic carbocycles. The van der Waals surface area contributed by atoms with Crippen molar-refractivity contribution in [1.29, 1.82) is 0 Å². The lowest BCUT2D eigenvalue weighted by atomic mass is 10.1. The summed E-state index contributed by atoms with van der Waals surface area (Å²) in [5.74, 6) is 0.358. The maximum Gasteiger partial charge on any atom is 0.261 e. The van der Waals surface area contributed by atoms with Gasteiger partial charge in [0.2, 0.25) is 0 Å². The summed E-state index contributed by atoms with van der Waals surface area (Å²) in [6.07, 6.45) is 0. The molecule has 2 heterocycles. The third-order valence-corrected chi connectivity index (χ3v) is 5.90. The van der Waals surface area contributed by atoms with Gasteiger partial charge in [-0.2, -0.15) is 0 Å². The van der Waals surface area contributed by atoms with Crippen molar-refractivity contribution < 1.29 is 0 Å². The highest BCUT2D eigenvalue weighted by Crippen LogP contribution is 2.33. The van der Waals surface area contributed by atoms with Gasteiger partial charge in [-0.15, -0.1) is 11.3 Å². The highest BCUT2D eigenvalue weighted by Gasteiger charge is 2.18. The minimum atomic E-state index is 0.0519. The number of fused-ring (bicyclic) bond motifs is 3. The van der Waals surface area contributed by atoms with Crippen LogP contribution in [0.4, 0.5) is 0 Å². The van der Waals surface area contributed by atoms with E-state index in [1.54, 1.807) is 11.3 Å². The normalized spacial score (nSPS) is 11.7. The molecule has 0 spiro atoms. The molecule has 4 rings (SSSR count). The number of aryl methyl sites for hydroxylation is 1. The smallest absolute Gasteiger partial charge is 0.261 e. The molecule has 0 unspecified atom stereocenters. The number of thiazole rings is 1. The van der Waals surface area contributed by atoms with Crippen molar-refractivity contribution in [1.82, 2.24) is 8.97 Å². The predicted molar refractivity (Wildman–Crippen MR) is 113 cm³/mol. The summed E-state index contributed by atoms with van der Waals surface area (Å²) >= 11 is 7.29. The second-order valence-electron chi connectivity index (χ2n) is 7.05. The van der Waals surface area contributed by atoms with Crippen LogP contribution in [0.5, 0.6) is 0 Å². The van der Waals surface area contributed by atoms with Gasteiger partial charge < -0.3 is 0 Å². The van der Waals surface area contributed by atoms with E-state index in [1.807, 2.05) is 28.8 Å². The summed E-state index contributed by atoms with van der Waals surface area (Å²) in [7, 11) is 0. The number of para-hydroxylation sites is 1. The maximum absolute atomic E-state index is 13.3. The minimum absolute atomic E-state index is 0.0519. The molecule has 3 nitrogen and oxygen atoms in total. The van der Waals surface area contributed by atoms with Gasteiger partial charge in [0.05, 0.1) is 15.8 Å². The first-order valence-electron chi connectivity index (χ1n) is 8.71. The van der Waals surface area contributed by atoms with E-state index in [-0.39, 0.29) is 5.56 Å². The van der Waals surface area contributed by atoms with E-state index < -0.39 is 0 Å². The molecule has 0 atom stereocenters.